The molecular formula is C71H105N19O19. The van der Waals surface area contributed by atoms with Crippen molar-refractivity contribution in [2.24, 2.45) is 29.2 Å². The van der Waals surface area contributed by atoms with E-state index in [0.29, 0.717) is 23.2 Å². The molecule has 109 heavy (non-hydrogen) atoms. The van der Waals surface area contributed by atoms with Crippen LogP contribution in [0.3, 0.4) is 0 Å². The SMILES string of the molecule is CC(C)C[C@H](NC(=O)[C@H](CC(C)C)NC(=O)[C@@H](Cc1ccc(O)cc1)NC(=O)CNC(=O)[C@H](C)NC(=O)[C@H](CO)NC(=O)[C@H](CC(N)=O)NC(=O)[C@H](CC(C)C)NC(=O)[C@@H](NC(=O)[C@H](Cc1c[nH]c2ccccc12)NC(=O)CN)[C@@H](C)O)C(=O)NCC(=O)N1CCC[C@H]1C(=O)N[C@@H](Cc1cnc[nH]1)C(=O)NCCO. The Balaban J connectivity index is 1.20. The molecule has 2 aromatic carbocycles. The number of aliphatic hydroxyl groups excluding tert-OH is 3. The normalized spacial score (nSPS) is 15.7. The van der Waals surface area contributed by atoms with Crippen molar-refractivity contribution in [3.05, 3.63) is 84.1 Å². The van der Waals surface area contributed by atoms with Gasteiger partial charge in [-0.3, -0.25) is 71.9 Å². The number of phenols is 1. The third-order valence-electron chi connectivity index (χ3n) is 17.4. The van der Waals surface area contributed by atoms with Gasteiger partial charge >= 0.3 is 0 Å². The second kappa shape index (κ2) is 43.6. The third kappa shape index (κ3) is 28.8. The van der Waals surface area contributed by atoms with E-state index in [-0.39, 0.29) is 88.1 Å². The van der Waals surface area contributed by atoms with Crippen molar-refractivity contribution >= 4 is 99.5 Å². The van der Waals surface area contributed by atoms with Crippen LogP contribution in [-0.4, -0.2) is 247 Å². The minimum atomic E-state index is -1.87. The number of nitrogens with two attached hydrogens (primary N) is 2. The van der Waals surface area contributed by atoms with Gasteiger partial charge < -0.3 is 116 Å². The lowest BCUT2D eigenvalue weighted by Gasteiger charge is -2.28. The Hall–Kier alpha value is -11.1. The van der Waals surface area contributed by atoms with Crippen molar-refractivity contribution in [2.45, 2.75) is 186 Å². The largest absolute Gasteiger partial charge is 0.508 e. The Morgan fingerprint density at radius 3 is 1.65 bits per heavy atom. The Morgan fingerprint density at radius 1 is 0.550 bits per heavy atom. The van der Waals surface area contributed by atoms with Crippen LogP contribution in [0, 0.1) is 17.8 Å². The summed E-state index contributed by atoms with van der Waals surface area (Å²) in [4.78, 5) is 216. The molecule has 0 spiro atoms. The molecule has 38 heteroatoms. The predicted molar refractivity (Wildman–Crippen MR) is 392 cm³/mol. The summed E-state index contributed by atoms with van der Waals surface area (Å²) in [5, 5.41) is 73.4. The molecule has 3 heterocycles. The smallest absolute Gasteiger partial charge is 0.245 e. The zero-order chi connectivity index (χ0) is 80.8. The van der Waals surface area contributed by atoms with Gasteiger partial charge in [-0.15, -0.1) is 0 Å². The Bertz CT molecular complexity index is 3790. The van der Waals surface area contributed by atoms with E-state index in [2.05, 4.69) is 84.1 Å². The number of primary amides is 1. The zero-order valence-electron chi connectivity index (χ0n) is 62.3. The van der Waals surface area contributed by atoms with Crippen molar-refractivity contribution < 1.29 is 92.3 Å². The van der Waals surface area contributed by atoms with E-state index in [0.717, 1.165) is 10.9 Å². The molecule has 2 aromatic heterocycles. The summed E-state index contributed by atoms with van der Waals surface area (Å²) in [5.41, 5.74) is 13.3. The molecule has 0 aliphatic carbocycles. The number of hydrogen-bond acceptors (Lipinski definition) is 21. The van der Waals surface area contributed by atoms with Gasteiger partial charge in [0.15, 0.2) is 0 Å². The van der Waals surface area contributed by atoms with E-state index < -0.39 is 194 Å². The van der Waals surface area contributed by atoms with Gasteiger partial charge in [0.2, 0.25) is 88.6 Å². The summed E-state index contributed by atoms with van der Waals surface area (Å²) in [6, 6.07) is -3.24. The third-order valence-corrected chi connectivity index (χ3v) is 17.4. The highest BCUT2D eigenvalue weighted by molar-refractivity contribution is 6.01. The molecule has 1 fully saturated rings. The number of phenolic OH excluding ortho intramolecular Hbond substituents is 1. The lowest BCUT2D eigenvalue weighted by molar-refractivity contribution is -0.140. The van der Waals surface area contributed by atoms with Crippen molar-refractivity contribution in [2.75, 3.05) is 45.9 Å². The maximum Gasteiger partial charge on any atom is 0.245 e. The first-order valence-electron chi connectivity index (χ1n) is 35.9. The number of fused-ring (bicyclic) bond motifs is 1. The van der Waals surface area contributed by atoms with Gasteiger partial charge in [-0.1, -0.05) is 71.9 Å². The fourth-order valence-corrected chi connectivity index (χ4v) is 11.8. The second-order valence-electron chi connectivity index (χ2n) is 27.9. The Kier molecular flexibility index (Phi) is 35.4. The number of carbonyl (C=O) groups excluding carboxylic acids is 15. The van der Waals surface area contributed by atoms with Gasteiger partial charge in [-0.05, 0) is 93.0 Å². The first-order valence-corrected chi connectivity index (χ1v) is 35.9. The monoisotopic (exact) mass is 1530 g/mol. The lowest BCUT2D eigenvalue weighted by atomic mass is 9.99. The number of aromatic amines is 2. The molecule has 4 aromatic rings. The minimum absolute atomic E-state index is 0.0100. The van der Waals surface area contributed by atoms with Gasteiger partial charge in [0.05, 0.1) is 51.7 Å². The number of nitrogens with one attached hydrogen (secondary N) is 15. The molecule has 12 atom stereocenters. The molecule has 598 valence electrons. The Morgan fingerprint density at radius 2 is 1.07 bits per heavy atom. The topological polar surface area (TPSA) is 593 Å². The molecule has 0 bridgehead atoms. The van der Waals surface area contributed by atoms with Gasteiger partial charge in [0.25, 0.3) is 0 Å². The van der Waals surface area contributed by atoms with Crippen LogP contribution in [0.2, 0.25) is 0 Å². The highest BCUT2D eigenvalue weighted by atomic mass is 16.3. The molecule has 1 aliphatic heterocycles. The Labute approximate surface area is 629 Å². The van der Waals surface area contributed by atoms with Crippen LogP contribution in [0.1, 0.15) is 111 Å². The van der Waals surface area contributed by atoms with Crippen LogP contribution < -0.4 is 80.6 Å². The minimum Gasteiger partial charge on any atom is -0.508 e. The van der Waals surface area contributed by atoms with Crippen molar-refractivity contribution in [3.8, 4) is 5.75 Å². The van der Waals surface area contributed by atoms with Crippen LogP contribution in [0.25, 0.3) is 10.9 Å². The number of rotatable bonds is 44. The van der Waals surface area contributed by atoms with Crippen LogP contribution in [0.4, 0.5) is 0 Å². The summed E-state index contributed by atoms with van der Waals surface area (Å²) in [5.74, 6) is -14.5. The number of aromatic hydroxyl groups is 1. The van der Waals surface area contributed by atoms with Crippen molar-refractivity contribution in [1.82, 2.24) is 89.0 Å². The first-order chi connectivity index (χ1) is 51.6. The van der Waals surface area contributed by atoms with E-state index in [1.807, 2.05) is 0 Å². The van der Waals surface area contributed by atoms with Crippen molar-refractivity contribution in [1.29, 1.82) is 0 Å². The number of para-hydroxylation sites is 1. The van der Waals surface area contributed by atoms with E-state index in [9.17, 15) is 92.3 Å². The predicted octanol–water partition coefficient (Wildman–Crippen LogP) is -5.83. The molecule has 0 unspecified atom stereocenters. The van der Waals surface area contributed by atoms with Gasteiger partial charge in [-0.25, -0.2) is 4.98 Å². The fourth-order valence-electron chi connectivity index (χ4n) is 11.8. The average molecular weight is 1530 g/mol. The average Bonchev–Trinajstić information content (AvgIpc) is 1.69. The number of carbonyl (C=O) groups is 15. The van der Waals surface area contributed by atoms with E-state index in [4.69, 9.17) is 11.5 Å². The quantitative estimate of drug-likeness (QED) is 0.0196. The summed E-state index contributed by atoms with van der Waals surface area (Å²) in [7, 11) is 0. The van der Waals surface area contributed by atoms with Crippen LogP contribution in [-0.2, 0) is 91.2 Å². The standard InChI is InChI=1S/C71H105N19O19/c1-36(2)22-47(63(101)78-33-59(98)90-20-11-14-55(90)70(108)86-52(62(100)75-19-21-91)27-43-31-74-35-79-43)83-64(102)48(23-37(3)4)84-66(104)50(25-41-15-17-44(94)18-16-41)82-58(97)32-77-61(99)39(7)80-69(107)54(34-92)88-67(105)53(28-56(73)95)85-65(103)49(24-38(5)6)87-71(109)60(40(8)93)89-68(106)51(81-57(96)29-72)26-42-30-76-46-13-10-9-12-45(42)46/h9-10,12-13,15-18,30-31,35-40,47-55,60,76,91-94H,11,14,19-29,32-34,72H2,1-8H3,(H2,73,95)(H,74,79)(H,75,100)(H,77,99)(H,78,101)(H,80,107)(H,81,96)(H,82,97)(H,83,102)(H,84,104)(H,85,103)(H,86,108)(H,87,109)(H,88,105)(H,89,106)/t39-,40+,47-,48-,49-,50+,51-,52-,53-,54-,55-,60-/m0/s1. The van der Waals surface area contributed by atoms with E-state index in [1.54, 1.807) is 72.0 Å². The number of benzene rings is 2. The lowest BCUT2D eigenvalue weighted by Crippen LogP contribution is -2.62. The molecule has 0 saturated carbocycles. The summed E-state index contributed by atoms with van der Waals surface area (Å²) in [6.45, 7) is 9.55. The summed E-state index contributed by atoms with van der Waals surface area (Å²) >= 11 is 0. The number of aliphatic hydroxyl groups is 3. The van der Waals surface area contributed by atoms with Gasteiger partial charge in [0, 0.05) is 61.3 Å². The van der Waals surface area contributed by atoms with Crippen molar-refractivity contribution in [3.63, 3.8) is 0 Å². The number of hydrogen-bond donors (Lipinski definition) is 21. The number of H-pyrrole nitrogens is 2. The molecule has 15 amide bonds. The van der Waals surface area contributed by atoms with E-state index >= 15 is 0 Å². The number of amides is 15. The van der Waals surface area contributed by atoms with Gasteiger partial charge in [0.1, 0.15) is 72.2 Å². The molecule has 23 N–H and O–H groups in total. The summed E-state index contributed by atoms with van der Waals surface area (Å²) in [6.07, 6.45) is 2.38. The highest BCUT2D eigenvalue weighted by Crippen LogP contribution is 2.22. The molecular weight excluding hydrogens is 1420 g/mol. The number of imidazole rings is 1. The maximum atomic E-state index is 14.4. The molecule has 1 aliphatic rings. The summed E-state index contributed by atoms with van der Waals surface area (Å²) < 4.78 is 0. The van der Waals surface area contributed by atoms with Crippen LogP contribution in [0.15, 0.2) is 67.3 Å². The molecule has 5 rings (SSSR count). The maximum absolute atomic E-state index is 14.4. The second-order valence-corrected chi connectivity index (χ2v) is 27.9. The van der Waals surface area contributed by atoms with E-state index in [1.165, 1.54) is 55.5 Å². The van der Waals surface area contributed by atoms with Crippen LogP contribution >= 0.6 is 0 Å². The number of aromatic nitrogens is 3. The molecule has 38 nitrogen and oxygen atoms in total. The van der Waals surface area contributed by atoms with Crippen LogP contribution in [0.5, 0.6) is 5.75 Å². The molecule has 1 saturated heterocycles. The number of likely N-dealkylation sites (tertiary alicyclic amines) is 1. The zero-order valence-corrected chi connectivity index (χ0v) is 62.3. The fraction of sp³-hybridized carbons (Fsp3) is 0.549. The molecule has 0 radical (unpaired) electrons. The highest BCUT2D eigenvalue weighted by Gasteiger charge is 2.39. The number of nitrogens with zero attached hydrogens (tertiary/aromatic N) is 2. The van der Waals surface area contributed by atoms with Gasteiger partial charge in [-0.2, -0.15) is 0 Å². The first kappa shape index (κ1) is 88.5.